The first-order chi connectivity index (χ1) is 13.0. The molecular formula is C19H27N7O. The van der Waals surface area contributed by atoms with E-state index in [4.69, 9.17) is 14.7 Å². The molecule has 0 saturated carbocycles. The fourth-order valence-electron chi connectivity index (χ4n) is 2.65. The smallest absolute Gasteiger partial charge is 0.228 e. The van der Waals surface area contributed by atoms with Crippen molar-refractivity contribution in [3.8, 4) is 0 Å². The zero-order valence-corrected chi connectivity index (χ0v) is 16.6. The molecule has 3 heterocycles. The standard InChI is InChI=1S/C19H27N7O/c1-6-27-10-9-26-17-15(12-21-26)22-19(25(5)13(2)3)24-18(17)23-16-11-14(4)7-8-20-16/h7-8,11-13H,6,9-10H2,1-5H3,(H,20,22,23,24). The second-order valence-corrected chi connectivity index (χ2v) is 6.72. The van der Waals surface area contributed by atoms with E-state index >= 15 is 0 Å². The summed E-state index contributed by atoms with van der Waals surface area (Å²) < 4.78 is 7.36. The summed E-state index contributed by atoms with van der Waals surface area (Å²) in [5, 5.41) is 7.84. The highest BCUT2D eigenvalue weighted by Crippen LogP contribution is 2.26. The SMILES string of the molecule is CCOCCn1ncc2nc(N(C)C(C)C)nc(Nc3cc(C)ccn3)c21. The highest BCUT2D eigenvalue weighted by Gasteiger charge is 2.17. The summed E-state index contributed by atoms with van der Waals surface area (Å²) >= 11 is 0. The normalized spacial score (nSPS) is 11.3. The number of ether oxygens (including phenoxy) is 1. The van der Waals surface area contributed by atoms with E-state index in [0.717, 1.165) is 22.4 Å². The largest absolute Gasteiger partial charge is 0.380 e. The number of aryl methyl sites for hydroxylation is 1. The van der Waals surface area contributed by atoms with Crippen LogP contribution in [0.3, 0.4) is 0 Å². The van der Waals surface area contributed by atoms with Gasteiger partial charge >= 0.3 is 0 Å². The van der Waals surface area contributed by atoms with Crippen LogP contribution in [-0.4, -0.2) is 51.0 Å². The average molecular weight is 369 g/mol. The van der Waals surface area contributed by atoms with Gasteiger partial charge in [-0.2, -0.15) is 10.1 Å². The molecule has 144 valence electrons. The van der Waals surface area contributed by atoms with E-state index in [-0.39, 0.29) is 6.04 Å². The van der Waals surface area contributed by atoms with Gasteiger partial charge in [-0.1, -0.05) is 0 Å². The summed E-state index contributed by atoms with van der Waals surface area (Å²) in [6.07, 6.45) is 3.55. The minimum atomic E-state index is 0.278. The van der Waals surface area contributed by atoms with Gasteiger partial charge in [-0.15, -0.1) is 0 Å². The van der Waals surface area contributed by atoms with Gasteiger partial charge in [0.05, 0.1) is 19.3 Å². The van der Waals surface area contributed by atoms with E-state index in [1.54, 1.807) is 12.4 Å². The average Bonchev–Trinajstić information content (AvgIpc) is 3.04. The molecule has 0 fully saturated rings. The van der Waals surface area contributed by atoms with Crippen LogP contribution in [0.25, 0.3) is 11.0 Å². The first-order valence-electron chi connectivity index (χ1n) is 9.23. The lowest BCUT2D eigenvalue weighted by Gasteiger charge is -2.22. The number of anilines is 3. The Balaban J connectivity index is 2.05. The summed E-state index contributed by atoms with van der Waals surface area (Å²) in [5.74, 6) is 2.08. The van der Waals surface area contributed by atoms with Gasteiger partial charge in [0.2, 0.25) is 5.95 Å². The molecule has 0 saturated heterocycles. The van der Waals surface area contributed by atoms with E-state index in [2.05, 4.69) is 29.2 Å². The van der Waals surface area contributed by atoms with Crippen molar-refractivity contribution in [2.45, 2.75) is 40.3 Å². The molecule has 0 spiro atoms. The fraction of sp³-hybridized carbons (Fsp3) is 0.474. The Labute approximate surface area is 159 Å². The van der Waals surface area contributed by atoms with E-state index in [9.17, 15) is 0 Å². The van der Waals surface area contributed by atoms with Crippen LogP contribution < -0.4 is 10.2 Å². The number of rotatable bonds is 8. The van der Waals surface area contributed by atoms with Crippen LogP contribution in [-0.2, 0) is 11.3 Å². The second kappa shape index (κ2) is 8.30. The lowest BCUT2D eigenvalue weighted by molar-refractivity contribution is 0.137. The van der Waals surface area contributed by atoms with Gasteiger partial charge in [0.1, 0.15) is 16.9 Å². The van der Waals surface area contributed by atoms with Crippen LogP contribution in [0, 0.1) is 6.92 Å². The number of nitrogens with zero attached hydrogens (tertiary/aromatic N) is 6. The van der Waals surface area contributed by atoms with E-state index in [1.807, 2.05) is 42.6 Å². The second-order valence-electron chi connectivity index (χ2n) is 6.72. The molecule has 8 heteroatoms. The van der Waals surface area contributed by atoms with Crippen molar-refractivity contribution in [3.05, 3.63) is 30.1 Å². The van der Waals surface area contributed by atoms with Gasteiger partial charge in [0.15, 0.2) is 5.82 Å². The third-order valence-corrected chi connectivity index (χ3v) is 4.38. The third-order valence-electron chi connectivity index (χ3n) is 4.38. The van der Waals surface area contributed by atoms with Crippen LogP contribution in [0.2, 0.25) is 0 Å². The zero-order valence-electron chi connectivity index (χ0n) is 16.6. The Morgan fingerprint density at radius 1 is 1.30 bits per heavy atom. The van der Waals surface area contributed by atoms with E-state index < -0.39 is 0 Å². The summed E-state index contributed by atoms with van der Waals surface area (Å²) in [7, 11) is 1.99. The first-order valence-corrected chi connectivity index (χ1v) is 9.23. The van der Waals surface area contributed by atoms with Crippen molar-refractivity contribution < 1.29 is 4.74 Å². The molecule has 0 atom stereocenters. The first kappa shape index (κ1) is 19.0. The highest BCUT2D eigenvalue weighted by molar-refractivity contribution is 5.88. The number of hydrogen-bond donors (Lipinski definition) is 1. The van der Waals surface area contributed by atoms with Crippen LogP contribution >= 0.6 is 0 Å². The van der Waals surface area contributed by atoms with E-state index in [0.29, 0.717) is 31.5 Å². The molecule has 0 aliphatic rings. The Kier molecular flexibility index (Phi) is 5.85. The number of hydrogen-bond acceptors (Lipinski definition) is 7. The molecule has 0 unspecified atom stereocenters. The fourth-order valence-corrected chi connectivity index (χ4v) is 2.65. The molecule has 3 rings (SSSR count). The van der Waals surface area contributed by atoms with Gasteiger partial charge in [-0.3, -0.25) is 4.68 Å². The van der Waals surface area contributed by atoms with Gasteiger partial charge in [-0.05, 0) is 45.4 Å². The predicted molar refractivity (Wildman–Crippen MR) is 108 cm³/mol. The van der Waals surface area contributed by atoms with Gasteiger partial charge < -0.3 is 15.0 Å². The molecule has 0 amide bonds. The maximum absolute atomic E-state index is 5.48. The monoisotopic (exact) mass is 369 g/mol. The minimum absolute atomic E-state index is 0.278. The Morgan fingerprint density at radius 3 is 2.81 bits per heavy atom. The molecule has 3 aromatic heterocycles. The summed E-state index contributed by atoms with van der Waals surface area (Å²) in [6, 6.07) is 4.23. The molecule has 0 aromatic carbocycles. The van der Waals surface area contributed by atoms with Gasteiger partial charge in [-0.25, -0.2) is 9.97 Å². The Hall–Kier alpha value is -2.74. The molecule has 0 aliphatic carbocycles. The topological polar surface area (TPSA) is 81.0 Å². The van der Waals surface area contributed by atoms with Crippen molar-refractivity contribution in [3.63, 3.8) is 0 Å². The third kappa shape index (κ3) is 4.33. The molecular weight excluding hydrogens is 342 g/mol. The lowest BCUT2D eigenvalue weighted by Crippen LogP contribution is -2.27. The number of nitrogens with one attached hydrogen (secondary N) is 1. The summed E-state index contributed by atoms with van der Waals surface area (Å²) in [6.45, 7) is 10.1. The molecule has 1 N–H and O–H groups in total. The van der Waals surface area contributed by atoms with Crippen LogP contribution in [0.4, 0.5) is 17.6 Å². The van der Waals surface area contributed by atoms with Crippen molar-refractivity contribution in [2.24, 2.45) is 0 Å². The maximum atomic E-state index is 5.48. The minimum Gasteiger partial charge on any atom is -0.380 e. The summed E-state index contributed by atoms with van der Waals surface area (Å²) in [5.41, 5.74) is 2.76. The van der Waals surface area contributed by atoms with Crippen LogP contribution in [0.15, 0.2) is 24.5 Å². The van der Waals surface area contributed by atoms with Crippen molar-refractivity contribution in [1.29, 1.82) is 0 Å². The van der Waals surface area contributed by atoms with E-state index in [1.165, 1.54) is 0 Å². The molecule has 0 radical (unpaired) electrons. The maximum Gasteiger partial charge on any atom is 0.228 e. The van der Waals surface area contributed by atoms with Crippen molar-refractivity contribution in [2.75, 3.05) is 30.5 Å². The van der Waals surface area contributed by atoms with Crippen molar-refractivity contribution in [1.82, 2.24) is 24.7 Å². The predicted octanol–water partition coefficient (Wildman–Crippen LogP) is 3.15. The summed E-state index contributed by atoms with van der Waals surface area (Å²) in [4.78, 5) is 15.9. The molecule has 8 nitrogen and oxygen atoms in total. The zero-order chi connectivity index (χ0) is 19.4. The highest BCUT2D eigenvalue weighted by atomic mass is 16.5. The number of fused-ring (bicyclic) bond motifs is 1. The molecule has 0 bridgehead atoms. The lowest BCUT2D eigenvalue weighted by atomic mass is 10.3. The molecule has 3 aromatic rings. The Bertz CT molecular complexity index is 906. The Morgan fingerprint density at radius 2 is 2.11 bits per heavy atom. The van der Waals surface area contributed by atoms with Gasteiger partial charge in [0, 0.05) is 25.9 Å². The van der Waals surface area contributed by atoms with Crippen molar-refractivity contribution >= 4 is 28.6 Å². The van der Waals surface area contributed by atoms with Crippen LogP contribution in [0.1, 0.15) is 26.3 Å². The molecule has 0 aliphatic heterocycles. The van der Waals surface area contributed by atoms with Crippen LogP contribution in [0.5, 0.6) is 0 Å². The number of aromatic nitrogens is 5. The number of pyridine rings is 1. The van der Waals surface area contributed by atoms with Gasteiger partial charge in [0.25, 0.3) is 0 Å². The quantitative estimate of drug-likeness (QED) is 0.611. The molecule has 27 heavy (non-hydrogen) atoms.